The van der Waals surface area contributed by atoms with Gasteiger partial charge in [-0.2, -0.15) is 27.0 Å². The molecule has 0 heterocycles. The summed E-state index contributed by atoms with van der Waals surface area (Å²) in [6.07, 6.45) is -1.12. The molecule has 6 N–H and O–H groups in total. The van der Waals surface area contributed by atoms with E-state index >= 15 is 0 Å². The van der Waals surface area contributed by atoms with E-state index in [9.17, 15) is 35.5 Å². The number of fused-ring (bicyclic) bond motifs is 2. The lowest BCUT2D eigenvalue weighted by molar-refractivity contribution is 0.105. The molecule has 0 radical (unpaired) electrons. The number of hydrazone groups is 2. The average molecular weight is 974 g/mol. The van der Waals surface area contributed by atoms with Crippen molar-refractivity contribution in [3.8, 4) is 11.1 Å². The van der Waals surface area contributed by atoms with Crippen LogP contribution in [0.25, 0.3) is 11.1 Å². The number of nitrogens with two attached hydrogens (primary N) is 2. The molecule has 0 amide bonds. The second-order valence-electron chi connectivity index (χ2n) is 11.5. The van der Waals surface area contributed by atoms with Gasteiger partial charge in [0.25, 0.3) is 20.2 Å². The van der Waals surface area contributed by atoms with Crippen LogP contribution in [-0.2, 0) is 29.7 Å². The molecular formula is C32H22Br4N4O8S2. The topological polar surface area (TPSA) is 220 Å². The van der Waals surface area contributed by atoms with Gasteiger partial charge in [-0.25, -0.2) is 0 Å². The van der Waals surface area contributed by atoms with E-state index in [1.54, 1.807) is 48.5 Å². The summed E-state index contributed by atoms with van der Waals surface area (Å²) in [6.45, 7) is 0. The van der Waals surface area contributed by atoms with Gasteiger partial charge in [-0.15, -0.1) is 0 Å². The third kappa shape index (κ3) is 5.37. The zero-order valence-electron chi connectivity index (χ0n) is 25.1. The number of rotatable bonds is 5. The smallest absolute Gasteiger partial charge is 0.279 e. The Morgan fingerprint density at radius 2 is 0.880 bits per heavy atom. The molecule has 2 unspecified atom stereocenters. The summed E-state index contributed by atoms with van der Waals surface area (Å²) in [4.78, 5) is 26.2. The van der Waals surface area contributed by atoms with Crippen LogP contribution in [0.4, 0.5) is 0 Å². The Bertz CT molecular complexity index is 2260. The van der Waals surface area contributed by atoms with Gasteiger partial charge < -0.3 is 11.7 Å². The van der Waals surface area contributed by atoms with Gasteiger partial charge in [-0.05, 0) is 46.5 Å². The molecule has 4 aromatic carbocycles. The zero-order chi connectivity index (χ0) is 36.6. The molecule has 0 saturated heterocycles. The molecule has 0 bridgehead atoms. The third-order valence-corrected chi connectivity index (χ3v) is 14.4. The summed E-state index contributed by atoms with van der Waals surface area (Å²) < 4.78 is 71.9. The van der Waals surface area contributed by atoms with Crippen LogP contribution in [0.15, 0.2) is 101 Å². The van der Waals surface area contributed by atoms with Crippen molar-refractivity contribution in [2.24, 2.45) is 21.9 Å². The summed E-state index contributed by atoms with van der Waals surface area (Å²) in [7, 11) is -10.0. The van der Waals surface area contributed by atoms with Crippen LogP contribution in [0.5, 0.6) is 0 Å². The minimum atomic E-state index is -5.02. The predicted octanol–water partition coefficient (Wildman–Crippen LogP) is 6.47. The lowest BCUT2D eigenvalue weighted by atomic mass is 9.76. The maximum Gasteiger partial charge on any atom is 0.279 e. The van der Waals surface area contributed by atoms with Gasteiger partial charge in [0.15, 0.2) is 9.49 Å². The maximum absolute atomic E-state index is 13.4. The number of hydrogen-bond donors (Lipinski definition) is 4. The van der Waals surface area contributed by atoms with Crippen molar-refractivity contribution in [2.45, 2.75) is 22.3 Å². The molecule has 12 nitrogen and oxygen atoms in total. The lowest BCUT2D eigenvalue weighted by Crippen LogP contribution is -2.46. The van der Waals surface area contributed by atoms with E-state index in [4.69, 9.17) is 11.7 Å². The highest BCUT2D eigenvalue weighted by atomic mass is 79.9. The Labute approximate surface area is 319 Å². The molecule has 2 atom stereocenters. The Balaban J connectivity index is 1.58. The van der Waals surface area contributed by atoms with Crippen molar-refractivity contribution >= 4 is 107 Å². The van der Waals surface area contributed by atoms with E-state index in [0.29, 0.717) is 11.1 Å². The largest absolute Gasteiger partial charge is 0.323 e. The maximum atomic E-state index is 13.4. The fourth-order valence-corrected chi connectivity index (χ4v) is 13.6. The minimum absolute atomic E-state index is 0.00786. The van der Waals surface area contributed by atoms with Crippen LogP contribution in [0, 0.1) is 0 Å². The third-order valence-electron chi connectivity index (χ3n) is 8.99. The summed E-state index contributed by atoms with van der Waals surface area (Å²) in [6, 6.07) is 18.3. The predicted molar refractivity (Wildman–Crippen MR) is 201 cm³/mol. The molecule has 0 spiro atoms. The number of carbonyl (C=O) groups excluding carboxylic acids is 2. The summed E-state index contributed by atoms with van der Waals surface area (Å²) >= 11 is 14.0. The first-order valence-corrected chi connectivity index (χ1v) is 20.2. The molecule has 258 valence electrons. The van der Waals surface area contributed by atoms with Crippen molar-refractivity contribution in [2.75, 3.05) is 0 Å². The number of carbonyl (C=O) groups is 2. The molecule has 2 aliphatic rings. The number of benzene rings is 4. The van der Waals surface area contributed by atoms with Crippen LogP contribution in [0.3, 0.4) is 0 Å². The van der Waals surface area contributed by atoms with Gasteiger partial charge in [0.05, 0.1) is 0 Å². The molecule has 4 aromatic rings. The monoisotopic (exact) mass is 970 g/mol. The summed E-state index contributed by atoms with van der Waals surface area (Å²) in [5.41, 5.74) is 0.692. The molecule has 2 aliphatic carbocycles. The quantitative estimate of drug-likeness (QED) is 0.0971. The van der Waals surface area contributed by atoms with Crippen LogP contribution < -0.4 is 11.7 Å². The first-order chi connectivity index (χ1) is 23.4. The fraction of sp³-hybridized carbons (Fsp3) is 0.125. The molecule has 0 aromatic heterocycles. The van der Waals surface area contributed by atoms with Crippen LogP contribution in [0.1, 0.15) is 55.8 Å². The first kappa shape index (κ1) is 36.7. The number of nitrogens with zero attached hydrogens (tertiary/aromatic N) is 2. The standard InChI is InChI=1S/C32H22Br4N4O8S2/c33-21-9-15(10-22(34)27(21)31(49(43,44)45)13-25(39-37)29(41)17-5-1-3-7-19(17)31)16-11-23(35)28(24(36)12-16)32(50(46,47)48)14-26(40-38)30(42)18-6-2-4-8-20(18)32/h1-12H,13-14,37-38H2,(H,43,44,45)(H,46,47,48)/b39-25-,40-26+. The van der Waals surface area contributed by atoms with Gasteiger partial charge in [0.1, 0.15) is 11.4 Å². The normalized spacial score (nSPS) is 22.4. The average Bonchev–Trinajstić information content (AvgIpc) is 3.05. The van der Waals surface area contributed by atoms with Crippen molar-refractivity contribution in [1.29, 1.82) is 0 Å². The Kier molecular flexibility index (Phi) is 9.42. The lowest BCUT2D eigenvalue weighted by Gasteiger charge is -2.38. The molecule has 0 fully saturated rings. The first-order valence-electron chi connectivity index (χ1n) is 14.2. The molecular weight excluding hydrogens is 952 g/mol. The van der Waals surface area contributed by atoms with Gasteiger partial charge in [0, 0.05) is 53.0 Å². The van der Waals surface area contributed by atoms with Crippen molar-refractivity contribution in [1.82, 2.24) is 0 Å². The van der Waals surface area contributed by atoms with Crippen LogP contribution >= 0.6 is 63.7 Å². The van der Waals surface area contributed by atoms with Gasteiger partial charge >= 0.3 is 0 Å². The second kappa shape index (κ2) is 12.8. The molecule has 50 heavy (non-hydrogen) atoms. The zero-order valence-corrected chi connectivity index (χ0v) is 33.0. The van der Waals surface area contributed by atoms with Gasteiger partial charge in [0.2, 0.25) is 11.6 Å². The van der Waals surface area contributed by atoms with E-state index in [2.05, 4.69) is 73.9 Å². The van der Waals surface area contributed by atoms with Crippen LogP contribution in [-0.4, -0.2) is 48.9 Å². The summed E-state index contributed by atoms with van der Waals surface area (Å²) in [5, 5.41) is 7.12. The Hall–Kier alpha value is -3.10. The Morgan fingerprint density at radius 1 is 0.580 bits per heavy atom. The molecule has 0 saturated carbocycles. The van der Waals surface area contributed by atoms with E-state index in [0.717, 1.165) is 0 Å². The van der Waals surface area contributed by atoms with Crippen molar-refractivity contribution in [3.05, 3.63) is 124 Å². The van der Waals surface area contributed by atoms with Gasteiger partial charge in [-0.1, -0.05) is 112 Å². The van der Waals surface area contributed by atoms with Crippen molar-refractivity contribution < 1.29 is 35.5 Å². The number of Topliss-reactive ketones (excluding diaryl/α,β-unsaturated/α-hetero) is 2. The summed E-state index contributed by atoms with van der Waals surface area (Å²) in [5.74, 6) is 9.91. The van der Waals surface area contributed by atoms with Crippen molar-refractivity contribution in [3.63, 3.8) is 0 Å². The second-order valence-corrected chi connectivity index (χ2v) is 18.2. The minimum Gasteiger partial charge on any atom is -0.323 e. The highest BCUT2D eigenvalue weighted by molar-refractivity contribution is 9.11. The Morgan fingerprint density at radius 3 is 1.16 bits per heavy atom. The van der Waals surface area contributed by atoms with E-state index < -0.39 is 54.1 Å². The van der Waals surface area contributed by atoms with Crippen LogP contribution in [0.2, 0.25) is 0 Å². The molecule has 18 heteroatoms. The molecule has 6 rings (SSSR count). The van der Waals surface area contributed by atoms with E-state index in [1.807, 2.05) is 0 Å². The fourth-order valence-electron chi connectivity index (χ4n) is 6.82. The molecule has 0 aliphatic heterocycles. The van der Waals surface area contributed by atoms with Gasteiger partial charge in [-0.3, -0.25) is 18.7 Å². The highest BCUT2D eigenvalue weighted by Crippen LogP contribution is 2.53. The SMILES string of the molecule is N/N=C1/CC(c2c(Br)cc(-c3cc(Br)c(C4(S(=O)(=O)O)C/C(=N\N)C(=O)c5ccccc54)c(Br)c3)cc2Br)(S(=O)(=O)O)c2ccccc2C1=O. The highest BCUT2D eigenvalue weighted by Gasteiger charge is 2.56. The number of halogens is 4. The van der Waals surface area contributed by atoms with E-state index in [1.165, 1.54) is 24.3 Å². The number of hydrogen-bond acceptors (Lipinski definition) is 10. The number of ketones is 2. The van der Waals surface area contributed by atoms with E-state index in [-0.39, 0.29) is 62.7 Å².